The van der Waals surface area contributed by atoms with Gasteiger partial charge in [0, 0.05) is 32.1 Å². The summed E-state index contributed by atoms with van der Waals surface area (Å²) >= 11 is 0. The van der Waals surface area contributed by atoms with Crippen LogP contribution in [0.2, 0.25) is 0 Å². The highest BCUT2D eigenvalue weighted by molar-refractivity contribution is 5.78. The van der Waals surface area contributed by atoms with Gasteiger partial charge >= 0.3 is 6.09 Å². The highest BCUT2D eigenvalue weighted by Gasteiger charge is 2.47. The summed E-state index contributed by atoms with van der Waals surface area (Å²) in [6, 6.07) is 16.5. The van der Waals surface area contributed by atoms with Crippen LogP contribution in [0.25, 0.3) is 0 Å². The summed E-state index contributed by atoms with van der Waals surface area (Å²) in [6.45, 7) is 8.19. The third-order valence-electron chi connectivity index (χ3n) is 7.26. The minimum atomic E-state index is -0.554. The van der Waals surface area contributed by atoms with Crippen LogP contribution in [-0.2, 0) is 16.0 Å². The second kappa shape index (κ2) is 9.77. The second-order valence-electron chi connectivity index (χ2n) is 10.7. The number of carbonyl (C=O) groups is 2. The van der Waals surface area contributed by atoms with Gasteiger partial charge in [-0.05, 0) is 68.7 Å². The van der Waals surface area contributed by atoms with Crippen molar-refractivity contribution in [3.63, 3.8) is 0 Å². The number of likely N-dealkylation sites (tertiary alicyclic amines) is 2. The van der Waals surface area contributed by atoms with Gasteiger partial charge in [-0.15, -0.1) is 0 Å². The predicted molar refractivity (Wildman–Crippen MR) is 130 cm³/mol. The van der Waals surface area contributed by atoms with Gasteiger partial charge in [0.05, 0.1) is 6.42 Å². The fraction of sp³-hybridized carbons (Fsp3) is 0.500. The van der Waals surface area contributed by atoms with Gasteiger partial charge in [-0.2, -0.15) is 0 Å². The molecule has 182 valence electrons. The van der Waals surface area contributed by atoms with Gasteiger partial charge in [-0.1, -0.05) is 42.5 Å². The summed E-state index contributed by atoms with van der Waals surface area (Å²) in [5.74, 6) is -0.0368. The topological polar surface area (TPSA) is 49.9 Å². The van der Waals surface area contributed by atoms with Crippen LogP contribution in [0.5, 0.6) is 0 Å². The number of hydrogen-bond donors (Lipinski definition) is 0. The zero-order valence-electron chi connectivity index (χ0n) is 20.4. The van der Waals surface area contributed by atoms with Gasteiger partial charge in [0.2, 0.25) is 5.91 Å². The van der Waals surface area contributed by atoms with E-state index in [-0.39, 0.29) is 29.2 Å². The van der Waals surface area contributed by atoms with Crippen LogP contribution in [0.4, 0.5) is 9.18 Å². The fourth-order valence-corrected chi connectivity index (χ4v) is 5.37. The molecule has 2 aromatic carbocycles. The van der Waals surface area contributed by atoms with E-state index in [1.807, 2.05) is 68.1 Å². The molecule has 2 amide bonds. The van der Waals surface area contributed by atoms with Crippen molar-refractivity contribution in [1.29, 1.82) is 0 Å². The van der Waals surface area contributed by atoms with E-state index in [1.54, 1.807) is 4.90 Å². The Morgan fingerprint density at radius 1 is 0.941 bits per heavy atom. The molecular formula is C28H35FN2O3. The van der Waals surface area contributed by atoms with E-state index in [1.165, 1.54) is 12.1 Å². The van der Waals surface area contributed by atoms with E-state index >= 15 is 0 Å². The van der Waals surface area contributed by atoms with E-state index in [0.29, 0.717) is 32.6 Å². The molecule has 2 fully saturated rings. The van der Waals surface area contributed by atoms with Crippen molar-refractivity contribution in [2.75, 3.05) is 26.2 Å². The highest BCUT2D eigenvalue weighted by Crippen LogP contribution is 2.50. The molecule has 34 heavy (non-hydrogen) atoms. The average molecular weight is 467 g/mol. The highest BCUT2D eigenvalue weighted by atomic mass is 19.1. The first-order valence-corrected chi connectivity index (χ1v) is 12.2. The summed E-state index contributed by atoms with van der Waals surface area (Å²) in [5, 5.41) is 0. The van der Waals surface area contributed by atoms with Crippen LogP contribution in [0.1, 0.15) is 57.1 Å². The number of rotatable bonds is 3. The van der Waals surface area contributed by atoms with Gasteiger partial charge in [0.1, 0.15) is 11.4 Å². The zero-order valence-corrected chi connectivity index (χ0v) is 20.4. The Bertz CT molecular complexity index is 993. The molecule has 2 heterocycles. The second-order valence-corrected chi connectivity index (χ2v) is 10.7. The maximum atomic E-state index is 13.7. The molecule has 2 aliphatic rings. The standard InChI is InChI=1S/C28H35FN2O3/c1-27(2,3)34-26(33)31-18-15-28(24(20-31)22-9-11-23(29)12-10-22)13-16-30(17-14-28)25(32)19-21-7-5-4-6-8-21/h4-12,24H,13-20H2,1-3H3/t24-/m0/s1. The monoisotopic (exact) mass is 466 g/mol. The van der Waals surface area contributed by atoms with E-state index in [4.69, 9.17) is 4.74 Å². The van der Waals surface area contributed by atoms with Gasteiger partial charge in [-0.25, -0.2) is 9.18 Å². The molecule has 0 N–H and O–H groups in total. The quantitative estimate of drug-likeness (QED) is 0.608. The van der Waals surface area contributed by atoms with Crippen LogP contribution < -0.4 is 0 Å². The molecule has 6 heteroatoms. The Kier molecular flexibility index (Phi) is 6.96. The van der Waals surface area contributed by atoms with E-state index in [9.17, 15) is 14.0 Å². The first-order chi connectivity index (χ1) is 16.2. The lowest BCUT2D eigenvalue weighted by atomic mass is 9.62. The lowest BCUT2D eigenvalue weighted by molar-refractivity contribution is -0.133. The maximum absolute atomic E-state index is 13.7. The minimum Gasteiger partial charge on any atom is -0.444 e. The third-order valence-corrected chi connectivity index (χ3v) is 7.26. The fourth-order valence-electron chi connectivity index (χ4n) is 5.37. The smallest absolute Gasteiger partial charge is 0.410 e. The number of hydrogen-bond acceptors (Lipinski definition) is 3. The molecule has 0 aliphatic carbocycles. The van der Waals surface area contributed by atoms with E-state index in [0.717, 1.165) is 30.4 Å². The van der Waals surface area contributed by atoms with Crippen molar-refractivity contribution in [1.82, 2.24) is 9.80 Å². The molecule has 1 spiro atoms. The lowest BCUT2D eigenvalue weighted by Crippen LogP contribution is -2.54. The van der Waals surface area contributed by atoms with Crippen molar-refractivity contribution in [3.05, 3.63) is 71.5 Å². The minimum absolute atomic E-state index is 0.0279. The van der Waals surface area contributed by atoms with E-state index in [2.05, 4.69) is 0 Å². The van der Waals surface area contributed by atoms with Crippen molar-refractivity contribution in [3.8, 4) is 0 Å². The Morgan fingerprint density at radius 3 is 2.12 bits per heavy atom. The van der Waals surface area contributed by atoms with Crippen LogP contribution in [0.3, 0.4) is 0 Å². The summed E-state index contributed by atoms with van der Waals surface area (Å²) < 4.78 is 19.3. The Labute approximate surface area is 201 Å². The molecule has 4 rings (SSSR count). The van der Waals surface area contributed by atoms with Crippen molar-refractivity contribution >= 4 is 12.0 Å². The molecule has 2 saturated heterocycles. The molecule has 0 aromatic heterocycles. The summed E-state index contributed by atoms with van der Waals surface area (Å²) in [6.07, 6.45) is 2.71. The first-order valence-electron chi connectivity index (χ1n) is 12.2. The molecule has 0 bridgehead atoms. The van der Waals surface area contributed by atoms with Crippen molar-refractivity contribution in [2.45, 2.75) is 58.0 Å². The van der Waals surface area contributed by atoms with Crippen molar-refractivity contribution < 1.29 is 18.7 Å². The van der Waals surface area contributed by atoms with Gasteiger partial charge in [-0.3, -0.25) is 4.79 Å². The number of nitrogens with zero attached hydrogens (tertiary/aromatic N) is 2. The van der Waals surface area contributed by atoms with Gasteiger partial charge < -0.3 is 14.5 Å². The van der Waals surface area contributed by atoms with Gasteiger partial charge in [0.15, 0.2) is 0 Å². The third kappa shape index (κ3) is 5.60. The number of amides is 2. The molecule has 0 saturated carbocycles. The number of benzene rings is 2. The Morgan fingerprint density at radius 2 is 1.53 bits per heavy atom. The van der Waals surface area contributed by atoms with Crippen molar-refractivity contribution in [2.24, 2.45) is 5.41 Å². The Hall–Kier alpha value is -2.89. The zero-order chi connectivity index (χ0) is 24.3. The number of halogens is 1. The predicted octanol–water partition coefficient (Wildman–Crippen LogP) is 5.40. The molecule has 0 radical (unpaired) electrons. The maximum Gasteiger partial charge on any atom is 0.410 e. The molecule has 2 aliphatic heterocycles. The molecular weight excluding hydrogens is 431 g/mol. The first kappa shape index (κ1) is 24.2. The average Bonchev–Trinajstić information content (AvgIpc) is 2.80. The molecule has 2 aromatic rings. The molecule has 5 nitrogen and oxygen atoms in total. The summed E-state index contributed by atoms with van der Waals surface area (Å²) in [5.41, 5.74) is 1.49. The number of piperidine rings is 2. The number of carbonyl (C=O) groups excluding carboxylic acids is 2. The van der Waals surface area contributed by atoms with Gasteiger partial charge in [0.25, 0.3) is 0 Å². The summed E-state index contributed by atoms with van der Waals surface area (Å²) in [7, 11) is 0. The van der Waals surface area contributed by atoms with Crippen LogP contribution in [0, 0.1) is 11.2 Å². The largest absolute Gasteiger partial charge is 0.444 e. The van der Waals surface area contributed by atoms with Crippen LogP contribution in [-0.4, -0.2) is 53.6 Å². The lowest BCUT2D eigenvalue weighted by Gasteiger charge is -2.52. The SMILES string of the molecule is CC(C)(C)OC(=O)N1CCC2(CCN(C(=O)Cc3ccccc3)CC2)[C@H](c2ccc(F)cc2)C1. The van der Waals surface area contributed by atoms with Crippen LogP contribution in [0.15, 0.2) is 54.6 Å². The molecule has 1 atom stereocenters. The molecule has 0 unspecified atom stereocenters. The Balaban J connectivity index is 1.49. The van der Waals surface area contributed by atoms with Crippen LogP contribution >= 0.6 is 0 Å². The normalized spacial score (nSPS) is 20.3. The van der Waals surface area contributed by atoms with E-state index < -0.39 is 5.60 Å². The number of ether oxygens (including phenoxy) is 1. The summed E-state index contributed by atoms with van der Waals surface area (Å²) in [4.78, 5) is 29.5.